The van der Waals surface area contributed by atoms with Crippen LogP contribution in [-0.2, 0) is 11.8 Å². The van der Waals surface area contributed by atoms with Crippen molar-refractivity contribution in [3.8, 4) is 11.1 Å². The number of benzene rings is 5. The van der Waals surface area contributed by atoms with Gasteiger partial charge in [-0.15, -0.1) is 0 Å². The number of hydrogen-bond acceptors (Lipinski definition) is 0. The Hall–Kier alpha value is -6.24. The van der Waals surface area contributed by atoms with Gasteiger partial charge in [-0.05, 0) is 127 Å². The summed E-state index contributed by atoms with van der Waals surface area (Å²) < 4.78 is 0. The van der Waals surface area contributed by atoms with Crippen molar-refractivity contribution in [1.82, 2.24) is 0 Å². The highest BCUT2D eigenvalue weighted by molar-refractivity contribution is 5.94. The van der Waals surface area contributed by atoms with E-state index in [0.29, 0.717) is 0 Å². The molecule has 0 N–H and O–H groups in total. The van der Waals surface area contributed by atoms with E-state index in [1.54, 1.807) is 0 Å². The van der Waals surface area contributed by atoms with Gasteiger partial charge in [0.2, 0.25) is 0 Å². The second kappa shape index (κ2) is 29.3. The molecule has 0 fully saturated rings. The highest BCUT2D eigenvalue weighted by Crippen LogP contribution is 2.56. The fourth-order valence-corrected chi connectivity index (χ4v) is 8.57. The van der Waals surface area contributed by atoms with Crippen LogP contribution >= 0.6 is 0 Å². The summed E-state index contributed by atoms with van der Waals surface area (Å²) in [6, 6.07) is 43.4. The van der Waals surface area contributed by atoms with Gasteiger partial charge in [-0.25, -0.2) is 0 Å². The molecule has 344 valence electrons. The summed E-state index contributed by atoms with van der Waals surface area (Å²) in [5.74, 6) is 0. The van der Waals surface area contributed by atoms with E-state index in [-0.39, 0.29) is 5.41 Å². The van der Waals surface area contributed by atoms with Crippen LogP contribution in [0.5, 0.6) is 0 Å². The lowest BCUT2D eigenvalue weighted by atomic mass is 9.69. The fraction of sp³-hybridized carbons (Fsp3) is 0.273. The average Bonchev–Trinajstić information content (AvgIpc) is 3.66. The van der Waals surface area contributed by atoms with E-state index >= 15 is 0 Å². The number of aryl methyl sites for hydroxylation is 2. The maximum Gasteiger partial charge on any atom is 0.0610 e. The third kappa shape index (κ3) is 14.1. The molecule has 0 bridgehead atoms. The number of fused-ring (bicyclic) bond motifs is 4. The van der Waals surface area contributed by atoms with Crippen LogP contribution in [0.25, 0.3) is 27.8 Å². The first-order valence-electron chi connectivity index (χ1n) is 24.8. The van der Waals surface area contributed by atoms with Gasteiger partial charge in [0, 0.05) is 0 Å². The summed E-state index contributed by atoms with van der Waals surface area (Å²) in [4.78, 5) is 0. The minimum atomic E-state index is -0.237. The molecule has 0 aliphatic heterocycles. The van der Waals surface area contributed by atoms with Gasteiger partial charge < -0.3 is 0 Å². The minimum absolute atomic E-state index is 0.237. The van der Waals surface area contributed by atoms with Crippen LogP contribution in [0.4, 0.5) is 0 Å². The summed E-state index contributed by atoms with van der Waals surface area (Å²) in [5.41, 5.74) is 20.1. The maximum atomic E-state index is 4.44. The highest BCUT2D eigenvalue weighted by atomic mass is 14.5. The second-order valence-electron chi connectivity index (χ2n) is 16.0. The molecule has 5 aromatic carbocycles. The summed E-state index contributed by atoms with van der Waals surface area (Å²) in [6.45, 7) is 29.2. The summed E-state index contributed by atoms with van der Waals surface area (Å²) in [7, 11) is 0. The number of rotatable bonds is 8. The van der Waals surface area contributed by atoms with E-state index in [9.17, 15) is 0 Å². The van der Waals surface area contributed by atoms with Crippen LogP contribution in [0.1, 0.15) is 139 Å². The lowest BCUT2D eigenvalue weighted by Gasteiger charge is -2.33. The molecule has 3 aliphatic rings. The standard InChI is InChI=1S/C34H34.C13H12.C13H16.3C2H6/c1-4-6-12-23-34(27-17-8-7-9-18-27)31-20-11-10-19-29(31)33-30-24-26(14-5-2)16-13-15-25(3)28(30)21-22-32(33)34;1-11-7-9-13(10-8-11)12-5-3-2-4-6-12;1-4-5-6-12(3)13-9-7-11(2)8-10-13;3*1-2/h4,6-10,12-13,15-19,21-23H,3,5,11,14,20,24H2,1-2H3;2-10H,1H3;4-10H,1-3H3;3*1-2H3/b6-4-,15-13-,23-12-,26-16-;;5-4-,12-6+;;;. The lowest BCUT2D eigenvalue weighted by Crippen LogP contribution is -2.26. The normalized spacial score (nSPS) is 17.0. The Morgan fingerprint density at radius 3 is 1.86 bits per heavy atom. The van der Waals surface area contributed by atoms with Crippen molar-refractivity contribution < 1.29 is 0 Å². The van der Waals surface area contributed by atoms with Gasteiger partial charge >= 0.3 is 0 Å². The molecule has 0 saturated carbocycles. The predicted molar refractivity (Wildman–Crippen MR) is 298 cm³/mol. The topological polar surface area (TPSA) is 0 Å². The Kier molecular flexibility index (Phi) is 24.0. The molecule has 0 heterocycles. The fourth-order valence-electron chi connectivity index (χ4n) is 8.57. The Balaban J connectivity index is 0.000000296. The molecule has 0 nitrogen and oxygen atoms in total. The van der Waals surface area contributed by atoms with Crippen molar-refractivity contribution in [2.24, 2.45) is 0 Å². The third-order valence-electron chi connectivity index (χ3n) is 11.7. The van der Waals surface area contributed by atoms with Crippen molar-refractivity contribution in [3.05, 3.63) is 256 Å². The molecule has 8 rings (SSSR count). The second-order valence-corrected chi connectivity index (χ2v) is 16.0. The molecule has 5 aromatic rings. The van der Waals surface area contributed by atoms with Gasteiger partial charge in [0.1, 0.15) is 0 Å². The van der Waals surface area contributed by atoms with Gasteiger partial charge in [0.05, 0.1) is 5.41 Å². The third-order valence-corrected chi connectivity index (χ3v) is 11.7. The first kappa shape index (κ1) is 54.1. The smallest absolute Gasteiger partial charge is 0.0610 e. The van der Waals surface area contributed by atoms with E-state index in [2.05, 4.69) is 223 Å². The number of hydrogen-bond donors (Lipinski definition) is 0. The largest absolute Gasteiger partial charge is 0.0911 e. The SMILES string of the molecule is C/C=C\C=C(/C)c1ccc(C)cc1.C=C1/C=C\C=C(\CCC)Cc2c1ccc1c2C2=C(CCC=C2)C1(/C=C\C=C/C)c1ccccc1.CC.CC.CC.Cc1ccc(-c2ccccc2)cc1. The van der Waals surface area contributed by atoms with Crippen molar-refractivity contribution in [1.29, 1.82) is 0 Å². The summed E-state index contributed by atoms with van der Waals surface area (Å²) in [5, 5.41) is 0. The summed E-state index contributed by atoms with van der Waals surface area (Å²) in [6.07, 6.45) is 32.1. The Morgan fingerprint density at radius 1 is 0.667 bits per heavy atom. The Labute approximate surface area is 403 Å². The van der Waals surface area contributed by atoms with Gasteiger partial charge in [0.25, 0.3) is 0 Å². The molecule has 0 radical (unpaired) electrons. The quantitative estimate of drug-likeness (QED) is 0.136. The van der Waals surface area contributed by atoms with Gasteiger partial charge in [-0.3, -0.25) is 0 Å². The van der Waals surface area contributed by atoms with Crippen molar-refractivity contribution in [3.63, 3.8) is 0 Å². The summed E-state index contributed by atoms with van der Waals surface area (Å²) >= 11 is 0. The molecule has 3 aliphatic carbocycles. The molecule has 0 saturated heterocycles. The minimum Gasteiger partial charge on any atom is -0.0911 e. The number of allylic oxidation sites excluding steroid dienone is 17. The molecule has 66 heavy (non-hydrogen) atoms. The first-order chi connectivity index (χ1) is 32.3. The molecule has 0 aromatic heterocycles. The van der Waals surface area contributed by atoms with Crippen LogP contribution < -0.4 is 0 Å². The highest BCUT2D eigenvalue weighted by Gasteiger charge is 2.45. The molecule has 0 amide bonds. The molecule has 0 heteroatoms. The van der Waals surface area contributed by atoms with Crippen LogP contribution in [-0.4, -0.2) is 0 Å². The van der Waals surface area contributed by atoms with Gasteiger partial charge in [0.15, 0.2) is 0 Å². The van der Waals surface area contributed by atoms with Gasteiger partial charge in [-0.2, -0.15) is 0 Å². The van der Waals surface area contributed by atoms with E-state index in [0.717, 1.165) is 31.3 Å². The van der Waals surface area contributed by atoms with Crippen LogP contribution in [0.15, 0.2) is 212 Å². The average molecular weight is 873 g/mol. The van der Waals surface area contributed by atoms with E-state index in [1.807, 2.05) is 60.6 Å². The van der Waals surface area contributed by atoms with Crippen molar-refractivity contribution in [2.45, 2.75) is 121 Å². The molecule has 0 spiro atoms. The Bertz CT molecular complexity index is 2470. The van der Waals surface area contributed by atoms with Crippen LogP contribution in [0.2, 0.25) is 0 Å². The van der Waals surface area contributed by atoms with Crippen molar-refractivity contribution >= 4 is 16.7 Å². The van der Waals surface area contributed by atoms with E-state index in [1.165, 1.54) is 84.3 Å². The Morgan fingerprint density at radius 2 is 1.26 bits per heavy atom. The van der Waals surface area contributed by atoms with Crippen molar-refractivity contribution in [2.75, 3.05) is 0 Å². The molecule has 1 atom stereocenters. The molecular weight excluding hydrogens is 793 g/mol. The predicted octanol–water partition coefficient (Wildman–Crippen LogP) is 19.8. The first-order valence-corrected chi connectivity index (χ1v) is 24.8. The van der Waals surface area contributed by atoms with Gasteiger partial charge in [-0.1, -0.05) is 272 Å². The maximum absolute atomic E-state index is 4.44. The van der Waals surface area contributed by atoms with E-state index < -0.39 is 0 Å². The zero-order valence-electron chi connectivity index (χ0n) is 42.7. The van der Waals surface area contributed by atoms with Crippen LogP contribution in [0.3, 0.4) is 0 Å². The monoisotopic (exact) mass is 873 g/mol. The van der Waals surface area contributed by atoms with E-state index in [4.69, 9.17) is 0 Å². The zero-order chi connectivity index (χ0) is 48.3. The molecular formula is C66H80. The van der Waals surface area contributed by atoms with Crippen LogP contribution in [0, 0.1) is 13.8 Å². The lowest BCUT2D eigenvalue weighted by molar-refractivity contribution is 0.721. The molecule has 1 unspecified atom stereocenters. The zero-order valence-corrected chi connectivity index (χ0v) is 42.7.